The van der Waals surface area contributed by atoms with E-state index in [0.717, 1.165) is 11.4 Å². The van der Waals surface area contributed by atoms with E-state index in [1.54, 1.807) is 36.2 Å². The number of anilines is 3. The molecule has 5 heteroatoms. The second-order valence-electron chi connectivity index (χ2n) is 5.83. The topological polar surface area (TPSA) is 61.4 Å². The third-order valence-electron chi connectivity index (χ3n) is 3.97. The zero-order chi connectivity index (χ0) is 17.7. The molecule has 2 N–H and O–H groups in total. The number of nitrogens with one attached hydrogen (secondary N) is 2. The molecule has 2 amide bonds. The maximum atomic E-state index is 12.0. The Balaban J connectivity index is 1.90. The van der Waals surface area contributed by atoms with E-state index in [2.05, 4.69) is 17.6 Å². The van der Waals surface area contributed by atoms with Gasteiger partial charge in [0.1, 0.15) is 0 Å². The zero-order valence-corrected chi connectivity index (χ0v) is 14.5. The smallest absolute Gasteiger partial charge is 0.243 e. The highest BCUT2D eigenvalue weighted by molar-refractivity contribution is 5.94. The van der Waals surface area contributed by atoms with E-state index in [1.807, 2.05) is 25.1 Å². The molecule has 0 bridgehead atoms. The first kappa shape index (κ1) is 17.5. The van der Waals surface area contributed by atoms with Gasteiger partial charge < -0.3 is 15.5 Å². The third-order valence-corrected chi connectivity index (χ3v) is 3.97. The SMILES string of the molecule is CC(=O)N(C)c1ccc(NC(=O)CNc2ccc(C)c(C)c2)cc1. The second kappa shape index (κ2) is 7.64. The van der Waals surface area contributed by atoms with Crippen LogP contribution in [0.3, 0.4) is 0 Å². The van der Waals surface area contributed by atoms with Crippen LogP contribution in [-0.2, 0) is 9.59 Å². The predicted octanol–water partition coefficient (Wildman–Crippen LogP) is 3.34. The molecule has 5 nitrogen and oxygen atoms in total. The number of rotatable bonds is 5. The monoisotopic (exact) mass is 325 g/mol. The van der Waals surface area contributed by atoms with Crippen molar-refractivity contribution in [2.45, 2.75) is 20.8 Å². The highest BCUT2D eigenvalue weighted by Gasteiger charge is 2.06. The van der Waals surface area contributed by atoms with Crippen LogP contribution in [0.15, 0.2) is 42.5 Å². The van der Waals surface area contributed by atoms with Crippen LogP contribution >= 0.6 is 0 Å². The van der Waals surface area contributed by atoms with Crippen LogP contribution in [0.25, 0.3) is 0 Å². The van der Waals surface area contributed by atoms with Crippen molar-refractivity contribution in [3.05, 3.63) is 53.6 Å². The number of nitrogens with zero attached hydrogens (tertiary/aromatic N) is 1. The molecular formula is C19H23N3O2. The molecule has 0 aliphatic heterocycles. The van der Waals surface area contributed by atoms with Crippen molar-refractivity contribution in [3.8, 4) is 0 Å². The van der Waals surface area contributed by atoms with Crippen LogP contribution in [0.4, 0.5) is 17.1 Å². The van der Waals surface area contributed by atoms with Gasteiger partial charge in [0, 0.05) is 31.0 Å². The molecule has 0 aliphatic rings. The van der Waals surface area contributed by atoms with Crippen LogP contribution in [0.5, 0.6) is 0 Å². The number of carbonyl (C=O) groups is 2. The molecule has 2 aromatic rings. The van der Waals surface area contributed by atoms with Gasteiger partial charge in [-0.25, -0.2) is 0 Å². The summed E-state index contributed by atoms with van der Waals surface area (Å²) in [5.74, 6) is -0.162. The Hall–Kier alpha value is -2.82. The van der Waals surface area contributed by atoms with Crippen LogP contribution in [-0.4, -0.2) is 25.4 Å². The second-order valence-corrected chi connectivity index (χ2v) is 5.83. The fourth-order valence-electron chi connectivity index (χ4n) is 2.19. The predicted molar refractivity (Wildman–Crippen MR) is 98.6 cm³/mol. The van der Waals surface area contributed by atoms with Crippen molar-refractivity contribution in [1.29, 1.82) is 0 Å². The van der Waals surface area contributed by atoms with E-state index in [9.17, 15) is 9.59 Å². The average molecular weight is 325 g/mol. The van der Waals surface area contributed by atoms with Gasteiger partial charge in [-0.2, -0.15) is 0 Å². The summed E-state index contributed by atoms with van der Waals surface area (Å²) >= 11 is 0. The van der Waals surface area contributed by atoms with Gasteiger partial charge in [0.2, 0.25) is 11.8 Å². The first-order valence-electron chi connectivity index (χ1n) is 7.82. The Morgan fingerprint density at radius 2 is 1.58 bits per heavy atom. The Morgan fingerprint density at radius 3 is 2.17 bits per heavy atom. The molecule has 0 saturated carbocycles. The van der Waals surface area contributed by atoms with Crippen LogP contribution in [0, 0.1) is 13.8 Å². The van der Waals surface area contributed by atoms with Gasteiger partial charge in [-0.3, -0.25) is 9.59 Å². The summed E-state index contributed by atoms with van der Waals surface area (Å²) in [6.07, 6.45) is 0. The van der Waals surface area contributed by atoms with Crippen molar-refractivity contribution in [3.63, 3.8) is 0 Å². The lowest BCUT2D eigenvalue weighted by Gasteiger charge is -2.15. The molecule has 0 aliphatic carbocycles. The highest BCUT2D eigenvalue weighted by atomic mass is 16.2. The van der Waals surface area contributed by atoms with Crippen LogP contribution in [0.1, 0.15) is 18.1 Å². The molecule has 126 valence electrons. The van der Waals surface area contributed by atoms with Crippen molar-refractivity contribution >= 4 is 28.9 Å². The number of benzene rings is 2. The van der Waals surface area contributed by atoms with Crippen LogP contribution in [0.2, 0.25) is 0 Å². The Morgan fingerprint density at radius 1 is 0.958 bits per heavy atom. The molecular weight excluding hydrogens is 302 g/mol. The molecule has 0 heterocycles. The van der Waals surface area contributed by atoms with Gasteiger partial charge in [0.05, 0.1) is 6.54 Å². The molecule has 0 spiro atoms. The van der Waals surface area contributed by atoms with Gasteiger partial charge in [0.25, 0.3) is 0 Å². The molecule has 24 heavy (non-hydrogen) atoms. The fourth-order valence-corrected chi connectivity index (χ4v) is 2.19. The molecule has 0 unspecified atom stereocenters. The van der Waals surface area contributed by atoms with Crippen molar-refractivity contribution in [1.82, 2.24) is 0 Å². The first-order chi connectivity index (χ1) is 11.4. The zero-order valence-electron chi connectivity index (χ0n) is 14.5. The molecule has 0 aromatic heterocycles. The van der Waals surface area contributed by atoms with E-state index in [1.165, 1.54) is 18.1 Å². The van der Waals surface area contributed by atoms with Gasteiger partial charge >= 0.3 is 0 Å². The van der Waals surface area contributed by atoms with Gasteiger partial charge in [0.15, 0.2) is 0 Å². The Kier molecular flexibility index (Phi) is 5.58. The highest BCUT2D eigenvalue weighted by Crippen LogP contribution is 2.17. The van der Waals surface area contributed by atoms with Crippen molar-refractivity contribution < 1.29 is 9.59 Å². The van der Waals surface area contributed by atoms with E-state index in [0.29, 0.717) is 5.69 Å². The number of amides is 2. The van der Waals surface area contributed by atoms with E-state index in [4.69, 9.17) is 0 Å². The van der Waals surface area contributed by atoms with Crippen LogP contribution < -0.4 is 15.5 Å². The lowest BCUT2D eigenvalue weighted by Crippen LogP contribution is -2.23. The number of carbonyl (C=O) groups excluding carboxylic acids is 2. The number of hydrogen-bond donors (Lipinski definition) is 2. The molecule has 0 radical (unpaired) electrons. The minimum atomic E-state index is -0.124. The molecule has 0 fully saturated rings. The summed E-state index contributed by atoms with van der Waals surface area (Å²) in [6.45, 7) is 5.80. The maximum Gasteiger partial charge on any atom is 0.243 e. The molecule has 0 saturated heterocycles. The summed E-state index contributed by atoms with van der Waals surface area (Å²) in [5.41, 5.74) is 4.81. The normalized spacial score (nSPS) is 10.2. The van der Waals surface area contributed by atoms with Gasteiger partial charge in [-0.05, 0) is 61.4 Å². The maximum absolute atomic E-state index is 12.0. The van der Waals surface area contributed by atoms with Gasteiger partial charge in [-0.1, -0.05) is 6.07 Å². The minimum absolute atomic E-state index is 0.0376. The Bertz CT molecular complexity index is 739. The molecule has 2 aromatic carbocycles. The summed E-state index contributed by atoms with van der Waals surface area (Å²) in [6, 6.07) is 13.2. The lowest BCUT2D eigenvalue weighted by atomic mass is 10.1. The summed E-state index contributed by atoms with van der Waals surface area (Å²) < 4.78 is 0. The van der Waals surface area contributed by atoms with Gasteiger partial charge in [-0.15, -0.1) is 0 Å². The average Bonchev–Trinajstić information content (AvgIpc) is 2.56. The van der Waals surface area contributed by atoms with Crippen molar-refractivity contribution in [2.24, 2.45) is 0 Å². The minimum Gasteiger partial charge on any atom is -0.376 e. The Labute approximate surface area is 142 Å². The summed E-state index contributed by atoms with van der Waals surface area (Å²) in [4.78, 5) is 24.9. The third kappa shape index (κ3) is 4.59. The lowest BCUT2D eigenvalue weighted by molar-refractivity contribution is -0.116. The quantitative estimate of drug-likeness (QED) is 0.886. The number of aryl methyl sites for hydroxylation is 2. The number of hydrogen-bond acceptors (Lipinski definition) is 3. The summed E-state index contributed by atoms with van der Waals surface area (Å²) in [7, 11) is 1.71. The molecule has 2 rings (SSSR count). The van der Waals surface area contributed by atoms with E-state index >= 15 is 0 Å². The largest absolute Gasteiger partial charge is 0.376 e. The van der Waals surface area contributed by atoms with Crippen molar-refractivity contribution in [2.75, 3.05) is 29.1 Å². The van der Waals surface area contributed by atoms with E-state index < -0.39 is 0 Å². The first-order valence-corrected chi connectivity index (χ1v) is 7.82. The molecule has 0 atom stereocenters. The fraction of sp³-hybridized carbons (Fsp3) is 0.263. The summed E-state index contributed by atoms with van der Waals surface area (Å²) in [5, 5.41) is 5.94. The van der Waals surface area contributed by atoms with E-state index in [-0.39, 0.29) is 18.4 Å². The standard InChI is InChI=1S/C19H23N3O2/c1-13-5-6-17(11-14(13)2)20-12-19(24)21-16-7-9-18(10-8-16)22(4)15(3)23/h5-11,20H,12H2,1-4H3,(H,21,24).